The van der Waals surface area contributed by atoms with Gasteiger partial charge in [-0.25, -0.2) is 4.79 Å². The third-order valence-electron chi connectivity index (χ3n) is 4.21. The van der Waals surface area contributed by atoms with Gasteiger partial charge in [0, 0.05) is 40.0 Å². The van der Waals surface area contributed by atoms with Crippen LogP contribution in [0, 0.1) is 0 Å². The molecule has 0 aliphatic heterocycles. The molecular formula is C22H20BrClN4O2. The molecule has 2 N–H and O–H groups in total. The largest absolute Gasteiger partial charge is 0.337 e. The Morgan fingerprint density at radius 1 is 1.00 bits per heavy atom. The number of nitrogens with one attached hydrogen (secondary N) is 2. The van der Waals surface area contributed by atoms with E-state index in [1.165, 1.54) is 0 Å². The Morgan fingerprint density at radius 2 is 1.73 bits per heavy atom. The molecular weight excluding hydrogens is 468 g/mol. The van der Waals surface area contributed by atoms with Crippen molar-refractivity contribution in [1.29, 1.82) is 0 Å². The molecule has 0 aliphatic rings. The van der Waals surface area contributed by atoms with Gasteiger partial charge < -0.3 is 15.5 Å². The van der Waals surface area contributed by atoms with Gasteiger partial charge in [-0.15, -0.1) is 0 Å². The van der Waals surface area contributed by atoms with E-state index in [1.54, 1.807) is 47.5 Å². The second-order valence-electron chi connectivity index (χ2n) is 6.42. The zero-order chi connectivity index (χ0) is 21.3. The van der Waals surface area contributed by atoms with Crippen molar-refractivity contribution in [1.82, 2.24) is 10.3 Å². The molecule has 0 spiro atoms. The Hall–Kier alpha value is -2.90. The first kappa shape index (κ1) is 21.8. The molecule has 0 bridgehead atoms. The Labute approximate surface area is 188 Å². The number of aromatic nitrogens is 1. The summed E-state index contributed by atoms with van der Waals surface area (Å²) in [6.07, 6.45) is 1.83. The van der Waals surface area contributed by atoms with Crippen LogP contribution in [0.15, 0.2) is 77.4 Å². The number of amides is 3. The maximum Gasteiger partial charge on any atom is 0.319 e. The highest BCUT2D eigenvalue weighted by atomic mass is 79.9. The molecule has 30 heavy (non-hydrogen) atoms. The number of halogens is 2. The normalized spacial score (nSPS) is 10.3. The van der Waals surface area contributed by atoms with E-state index in [2.05, 4.69) is 31.5 Å². The van der Waals surface area contributed by atoms with Crippen molar-refractivity contribution in [3.8, 4) is 0 Å². The number of rotatable bonds is 7. The van der Waals surface area contributed by atoms with E-state index in [0.717, 1.165) is 15.9 Å². The SMILES string of the molecule is O=C(NCCC(=O)N(Cc1ccccn1)c1ccc(Cl)cc1)Nc1ccc(Br)cc1. The first-order valence-electron chi connectivity index (χ1n) is 9.27. The number of carbonyl (C=O) groups is 2. The number of hydrogen-bond donors (Lipinski definition) is 2. The van der Waals surface area contributed by atoms with Crippen LogP contribution in [0.25, 0.3) is 0 Å². The Kier molecular flexibility index (Phi) is 7.82. The monoisotopic (exact) mass is 486 g/mol. The summed E-state index contributed by atoms with van der Waals surface area (Å²) < 4.78 is 0.925. The van der Waals surface area contributed by atoms with Crippen LogP contribution in [0.1, 0.15) is 12.1 Å². The van der Waals surface area contributed by atoms with Gasteiger partial charge in [-0.05, 0) is 60.7 Å². The molecule has 0 aliphatic carbocycles. The van der Waals surface area contributed by atoms with E-state index in [1.807, 2.05) is 30.3 Å². The van der Waals surface area contributed by atoms with Gasteiger partial charge in [0.15, 0.2) is 0 Å². The number of pyridine rings is 1. The molecule has 2 aromatic carbocycles. The van der Waals surface area contributed by atoms with Gasteiger partial charge in [-0.3, -0.25) is 9.78 Å². The van der Waals surface area contributed by atoms with Crippen LogP contribution in [0.5, 0.6) is 0 Å². The average molecular weight is 488 g/mol. The number of anilines is 2. The minimum Gasteiger partial charge on any atom is -0.337 e. The minimum atomic E-state index is -0.368. The van der Waals surface area contributed by atoms with Gasteiger partial charge in [0.25, 0.3) is 0 Å². The summed E-state index contributed by atoms with van der Waals surface area (Å²) in [5.74, 6) is -0.132. The summed E-state index contributed by atoms with van der Waals surface area (Å²) in [6, 6.07) is 19.5. The van der Waals surface area contributed by atoms with Gasteiger partial charge in [0.2, 0.25) is 5.91 Å². The molecule has 3 rings (SSSR count). The zero-order valence-electron chi connectivity index (χ0n) is 16.0. The van der Waals surface area contributed by atoms with E-state index < -0.39 is 0 Å². The van der Waals surface area contributed by atoms with Gasteiger partial charge in [-0.1, -0.05) is 33.6 Å². The molecule has 1 aromatic heterocycles. The predicted octanol–water partition coefficient (Wildman–Crippen LogP) is 5.24. The van der Waals surface area contributed by atoms with Crippen molar-refractivity contribution in [3.05, 3.63) is 88.1 Å². The molecule has 3 aromatic rings. The molecule has 0 saturated heterocycles. The fraction of sp³-hybridized carbons (Fsp3) is 0.136. The van der Waals surface area contributed by atoms with Crippen LogP contribution in [0.3, 0.4) is 0 Å². The number of hydrogen-bond acceptors (Lipinski definition) is 3. The van der Waals surface area contributed by atoms with Gasteiger partial charge >= 0.3 is 6.03 Å². The third-order valence-corrected chi connectivity index (χ3v) is 4.99. The van der Waals surface area contributed by atoms with Crippen molar-refractivity contribution < 1.29 is 9.59 Å². The molecule has 0 saturated carbocycles. The lowest BCUT2D eigenvalue weighted by molar-refractivity contribution is -0.118. The van der Waals surface area contributed by atoms with Crippen molar-refractivity contribution in [2.75, 3.05) is 16.8 Å². The number of carbonyl (C=O) groups excluding carboxylic acids is 2. The van der Waals surface area contributed by atoms with Crippen molar-refractivity contribution in [2.45, 2.75) is 13.0 Å². The first-order valence-corrected chi connectivity index (χ1v) is 10.4. The lowest BCUT2D eigenvalue weighted by Crippen LogP contribution is -2.35. The summed E-state index contributed by atoms with van der Waals surface area (Å²) >= 11 is 9.32. The highest BCUT2D eigenvalue weighted by Gasteiger charge is 2.17. The van der Waals surface area contributed by atoms with Crippen LogP contribution in [0.2, 0.25) is 5.02 Å². The average Bonchev–Trinajstić information content (AvgIpc) is 2.75. The van der Waals surface area contributed by atoms with Crippen LogP contribution >= 0.6 is 27.5 Å². The standard InChI is InChI=1S/C22H20BrClN4O2/c23-16-4-8-18(9-5-16)27-22(30)26-14-12-21(29)28(15-19-3-1-2-13-25-19)20-10-6-17(24)7-11-20/h1-11,13H,12,14-15H2,(H2,26,27,30). The smallest absolute Gasteiger partial charge is 0.319 e. The maximum atomic E-state index is 12.9. The summed E-state index contributed by atoms with van der Waals surface area (Å²) in [5.41, 5.74) is 2.15. The fourth-order valence-electron chi connectivity index (χ4n) is 2.72. The maximum absolute atomic E-state index is 12.9. The van der Waals surface area contributed by atoms with Crippen molar-refractivity contribution in [2.24, 2.45) is 0 Å². The molecule has 8 heteroatoms. The fourth-order valence-corrected chi connectivity index (χ4v) is 3.11. The molecule has 1 heterocycles. The second-order valence-corrected chi connectivity index (χ2v) is 7.77. The van der Waals surface area contributed by atoms with Crippen LogP contribution in [0.4, 0.5) is 16.2 Å². The second kappa shape index (κ2) is 10.8. The highest BCUT2D eigenvalue weighted by molar-refractivity contribution is 9.10. The topological polar surface area (TPSA) is 74.3 Å². The summed E-state index contributed by atoms with van der Waals surface area (Å²) in [5, 5.41) is 6.03. The van der Waals surface area contributed by atoms with Crippen molar-refractivity contribution >= 4 is 50.8 Å². The van der Waals surface area contributed by atoms with Gasteiger partial charge in [0.1, 0.15) is 0 Å². The summed E-state index contributed by atoms with van der Waals surface area (Å²) in [4.78, 5) is 30.9. The van der Waals surface area contributed by atoms with E-state index in [-0.39, 0.29) is 24.9 Å². The molecule has 0 unspecified atom stereocenters. The molecule has 154 valence electrons. The van der Waals surface area contributed by atoms with Crippen molar-refractivity contribution in [3.63, 3.8) is 0 Å². The lowest BCUT2D eigenvalue weighted by atomic mass is 10.2. The molecule has 0 fully saturated rings. The van der Waals surface area contributed by atoms with E-state index >= 15 is 0 Å². The quantitative estimate of drug-likeness (QED) is 0.478. The minimum absolute atomic E-state index is 0.132. The molecule has 3 amide bonds. The Bertz CT molecular complexity index is 982. The molecule has 0 atom stereocenters. The Morgan fingerprint density at radius 3 is 2.40 bits per heavy atom. The van der Waals surface area contributed by atoms with E-state index in [4.69, 9.17) is 11.6 Å². The summed E-state index contributed by atoms with van der Waals surface area (Å²) in [6.45, 7) is 0.528. The first-order chi connectivity index (χ1) is 14.5. The van der Waals surface area contributed by atoms with E-state index in [0.29, 0.717) is 17.3 Å². The Balaban J connectivity index is 1.59. The van der Waals surface area contributed by atoms with Crippen LogP contribution in [-0.4, -0.2) is 23.5 Å². The third kappa shape index (κ3) is 6.57. The number of urea groups is 1. The van der Waals surface area contributed by atoms with E-state index in [9.17, 15) is 9.59 Å². The lowest BCUT2D eigenvalue weighted by Gasteiger charge is -2.23. The zero-order valence-corrected chi connectivity index (χ0v) is 18.4. The van der Waals surface area contributed by atoms with Gasteiger partial charge in [0.05, 0.1) is 12.2 Å². The molecule has 0 radical (unpaired) electrons. The number of benzene rings is 2. The molecule has 6 nitrogen and oxygen atoms in total. The van der Waals surface area contributed by atoms with Crippen LogP contribution < -0.4 is 15.5 Å². The summed E-state index contributed by atoms with van der Waals surface area (Å²) in [7, 11) is 0. The van der Waals surface area contributed by atoms with Gasteiger partial charge in [-0.2, -0.15) is 0 Å². The predicted molar refractivity (Wildman–Crippen MR) is 123 cm³/mol. The highest BCUT2D eigenvalue weighted by Crippen LogP contribution is 2.20. The van der Waals surface area contributed by atoms with Crippen LogP contribution in [-0.2, 0) is 11.3 Å². The number of nitrogens with zero attached hydrogens (tertiary/aromatic N) is 2.